The van der Waals surface area contributed by atoms with Crippen molar-refractivity contribution in [2.45, 2.75) is 26.3 Å². The molecule has 0 bridgehead atoms. The molecule has 1 aromatic heterocycles. The number of nitrogens with zero attached hydrogens (tertiary/aromatic N) is 5. The molecule has 1 aliphatic heterocycles. The van der Waals surface area contributed by atoms with Crippen molar-refractivity contribution >= 4 is 11.6 Å². The normalized spacial score (nSPS) is 15.5. The number of aliphatic imine (C=N–C) groups is 1. The van der Waals surface area contributed by atoms with Crippen LogP contribution in [0.15, 0.2) is 47.6 Å². The lowest BCUT2D eigenvalue weighted by Gasteiger charge is -2.36. The predicted octanol–water partition coefficient (Wildman–Crippen LogP) is 2.08. The van der Waals surface area contributed by atoms with E-state index in [2.05, 4.69) is 67.8 Å². The minimum Gasteiger partial charge on any atom is -0.369 e. The van der Waals surface area contributed by atoms with E-state index in [-0.39, 0.29) is 0 Å². The number of aromatic nitrogens is 2. The van der Waals surface area contributed by atoms with Crippen molar-refractivity contribution in [3.8, 4) is 0 Å². The molecule has 29 heavy (non-hydrogen) atoms. The second-order valence-corrected chi connectivity index (χ2v) is 7.44. The van der Waals surface area contributed by atoms with E-state index in [1.807, 2.05) is 24.0 Å². The molecule has 0 spiro atoms. The van der Waals surface area contributed by atoms with Crippen molar-refractivity contribution < 1.29 is 0 Å². The maximum Gasteiger partial charge on any atom is 0.191 e. The van der Waals surface area contributed by atoms with Gasteiger partial charge in [0.2, 0.25) is 0 Å². The Balaban J connectivity index is 1.31. The lowest BCUT2D eigenvalue weighted by Crippen LogP contribution is -2.46. The Kier molecular flexibility index (Phi) is 8.37. The van der Waals surface area contributed by atoms with Crippen LogP contribution in [-0.4, -0.2) is 66.5 Å². The van der Waals surface area contributed by atoms with Crippen molar-refractivity contribution in [2.75, 3.05) is 50.7 Å². The van der Waals surface area contributed by atoms with Gasteiger partial charge in [0, 0.05) is 58.2 Å². The summed E-state index contributed by atoms with van der Waals surface area (Å²) >= 11 is 0. The molecule has 2 aromatic rings. The maximum atomic E-state index is 4.66. The molecule has 3 rings (SSSR count). The summed E-state index contributed by atoms with van der Waals surface area (Å²) < 4.78 is 1.87. The molecule has 7 heteroatoms. The summed E-state index contributed by atoms with van der Waals surface area (Å²) in [5, 5.41) is 11.0. The number of guanidine groups is 1. The van der Waals surface area contributed by atoms with E-state index in [0.29, 0.717) is 6.54 Å². The zero-order valence-electron chi connectivity index (χ0n) is 17.8. The fourth-order valence-electron chi connectivity index (χ4n) is 3.59. The number of benzene rings is 1. The van der Waals surface area contributed by atoms with Gasteiger partial charge in [-0.25, -0.2) is 4.99 Å². The average molecular weight is 398 g/mol. The van der Waals surface area contributed by atoms with Crippen LogP contribution in [0.4, 0.5) is 5.69 Å². The summed E-state index contributed by atoms with van der Waals surface area (Å²) in [4.78, 5) is 9.73. The first-order valence-electron chi connectivity index (χ1n) is 10.8. The highest BCUT2D eigenvalue weighted by atomic mass is 15.3. The quantitative estimate of drug-likeness (QED) is 0.385. The predicted molar refractivity (Wildman–Crippen MR) is 120 cm³/mol. The van der Waals surface area contributed by atoms with Gasteiger partial charge in [0.05, 0.1) is 12.2 Å². The zero-order valence-corrected chi connectivity index (χ0v) is 17.8. The first kappa shape index (κ1) is 21.2. The van der Waals surface area contributed by atoms with Crippen molar-refractivity contribution in [1.29, 1.82) is 0 Å². The van der Waals surface area contributed by atoms with Gasteiger partial charge in [-0.05, 0) is 44.5 Å². The third-order valence-electron chi connectivity index (χ3n) is 5.35. The van der Waals surface area contributed by atoms with Crippen LogP contribution in [0.3, 0.4) is 0 Å². The lowest BCUT2D eigenvalue weighted by atomic mass is 10.2. The van der Waals surface area contributed by atoms with Gasteiger partial charge in [-0.1, -0.05) is 18.2 Å². The minimum absolute atomic E-state index is 0.636. The van der Waals surface area contributed by atoms with Crippen LogP contribution in [0.5, 0.6) is 0 Å². The van der Waals surface area contributed by atoms with Gasteiger partial charge >= 0.3 is 0 Å². The summed E-state index contributed by atoms with van der Waals surface area (Å²) in [5.41, 5.74) is 2.45. The first-order valence-corrected chi connectivity index (χ1v) is 10.8. The van der Waals surface area contributed by atoms with E-state index in [1.54, 1.807) is 0 Å². The molecular formula is C22H35N7. The molecule has 0 amide bonds. The van der Waals surface area contributed by atoms with Crippen molar-refractivity contribution in [3.63, 3.8) is 0 Å². The molecule has 1 fully saturated rings. The Hall–Kier alpha value is -2.54. The highest BCUT2D eigenvalue weighted by Gasteiger charge is 2.16. The molecule has 158 valence electrons. The zero-order chi connectivity index (χ0) is 20.3. The van der Waals surface area contributed by atoms with Crippen LogP contribution >= 0.6 is 0 Å². The second-order valence-electron chi connectivity index (χ2n) is 7.44. The van der Waals surface area contributed by atoms with Gasteiger partial charge in [-0.3, -0.25) is 9.58 Å². The Morgan fingerprint density at radius 3 is 2.52 bits per heavy atom. The van der Waals surface area contributed by atoms with Gasteiger partial charge in [0.1, 0.15) is 0 Å². The van der Waals surface area contributed by atoms with Crippen LogP contribution in [0.2, 0.25) is 0 Å². The minimum atomic E-state index is 0.636. The molecule has 0 saturated carbocycles. The average Bonchev–Trinajstić information content (AvgIpc) is 3.17. The van der Waals surface area contributed by atoms with Crippen LogP contribution in [0.1, 0.15) is 25.5 Å². The van der Waals surface area contributed by atoms with Crippen molar-refractivity contribution in [3.05, 3.63) is 48.3 Å². The molecule has 1 aliphatic rings. The Bertz CT molecular complexity index is 733. The molecule has 0 aliphatic carbocycles. The van der Waals surface area contributed by atoms with E-state index >= 15 is 0 Å². The number of piperazine rings is 1. The number of nitrogens with one attached hydrogen (secondary N) is 2. The van der Waals surface area contributed by atoms with Gasteiger partial charge in [0.25, 0.3) is 0 Å². The summed E-state index contributed by atoms with van der Waals surface area (Å²) in [6.07, 6.45) is 4.17. The molecule has 2 heterocycles. The van der Waals surface area contributed by atoms with Crippen LogP contribution in [0.25, 0.3) is 0 Å². The molecule has 0 atom stereocenters. The SMILES string of the molecule is CCNC(=NCc1ccnn1C)NCCCCN1CCN(c2ccccc2)CC1. The van der Waals surface area contributed by atoms with Crippen LogP contribution in [-0.2, 0) is 13.6 Å². The third kappa shape index (κ3) is 6.78. The van der Waals surface area contributed by atoms with Gasteiger partial charge in [-0.15, -0.1) is 0 Å². The summed E-state index contributed by atoms with van der Waals surface area (Å²) in [7, 11) is 1.95. The highest BCUT2D eigenvalue weighted by molar-refractivity contribution is 5.79. The molecule has 2 N–H and O–H groups in total. The third-order valence-corrected chi connectivity index (χ3v) is 5.35. The summed E-state index contributed by atoms with van der Waals surface area (Å²) in [6.45, 7) is 10.3. The summed E-state index contributed by atoms with van der Waals surface area (Å²) in [6, 6.07) is 12.7. The van der Waals surface area contributed by atoms with Crippen LogP contribution in [0, 0.1) is 0 Å². The molecular weight excluding hydrogens is 362 g/mol. The molecule has 7 nitrogen and oxygen atoms in total. The van der Waals surface area contributed by atoms with Gasteiger partial charge in [0.15, 0.2) is 5.96 Å². The molecule has 0 unspecified atom stereocenters. The standard InChI is InChI=1S/C22H35N7/c1-3-23-22(25-19-21-11-13-26-27(21)2)24-12-7-8-14-28-15-17-29(18-16-28)20-9-5-4-6-10-20/h4-6,9-11,13H,3,7-8,12,14-19H2,1-2H3,(H2,23,24,25). The topological polar surface area (TPSA) is 60.7 Å². The smallest absolute Gasteiger partial charge is 0.191 e. The number of rotatable bonds is 9. The number of hydrogen-bond donors (Lipinski definition) is 2. The van der Waals surface area contributed by atoms with Crippen molar-refractivity contribution in [2.24, 2.45) is 12.0 Å². The Morgan fingerprint density at radius 1 is 1.03 bits per heavy atom. The lowest BCUT2D eigenvalue weighted by molar-refractivity contribution is 0.253. The monoisotopic (exact) mass is 397 g/mol. The number of anilines is 1. The van der Waals surface area contributed by atoms with E-state index in [9.17, 15) is 0 Å². The summed E-state index contributed by atoms with van der Waals surface area (Å²) in [5.74, 6) is 0.880. The molecule has 1 aromatic carbocycles. The number of para-hydroxylation sites is 1. The van der Waals surface area contributed by atoms with Gasteiger partial charge in [-0.2, -0.15) is 5.10 Å². The van der Waals surface area contributed by atoms with E-state index in [0.717, 1.165) is 57.3 Å². The van der Waals surface area contributed by atoms with E-state index < -0.39 is 0 Å². The largest absolute Gasteiger partial charge is 0.369 e. The highest BCUT2D eigenvalue weighted by Crippen LogP contribution is 2.15. The van der Waals surface area contributed by atoms with E-state index in [1.165, 1.54) is 18.7 Å². The Labute approximate surface area is 174 Å². The van der Waals surface area contributed by atoms with E-state index in [4.69, 9.17) is 0 Å². The van der Waals surface area contributed by atoms with Gasteiger partial charge < -0.3 is 15.5 Å². The number of aryl methyl sites for hydroxylation is 1. The number of unbranched alkanes of at least 4 members (excludes halogenated alkanes) is 1. The first-order chi connectivity index (χ1) is 14.3. The fraction of sp³-hybridized carbons (Fsp3) is 0.545. The molecule has 0 radical (unpaired) electrons. The van der Waals surface area contributed by atoms with Crippen LogP contribution < -0.4 is 15.5 Å². The van der Waals surface area contributed by atoms with Crippen molar-refractivity contribution in [1.82, 2.24) is 25.3 Å². The second kappa shape index (κ2) is 11.5. The maximum absolute atomic E-state index is 4.66. The molecule has 1 saturated heterocycles. The Morgan fingerprint density at radius 2 is 1.83 bits per heavy atom. The fourth-order valence-corrected chi connectivity index (χ4v) is 3.59. The number of hydrogen-bond acceptors (Lipinski definition) is 4.